The molecule has 2 aromatic carbocycles. The number of carbonyl (C=O) groups is 2. The highest BCUT2D eigenvalue weighted by atomic mass is 16.5. The van der Waals surface area contributed by atoms with E-state index in [1.807, 2.05) is 6.07 Å². The standard InChI is InChI=1S/C24H25NO4/c26-17-4-5-19(22(27)14-17)21-15-29-23-7-6-18-16(2-1-3-20(18)24(21)23)8-9-25-10-12-28-13-11-25/h1-3,6-7,15,19H,4-5,8-14H2/t19-/m0/s1. The largest absolute Gasteiger partial charge is 0.464 e. The van der Waals surface area contributed by atoms with Gasteiger partial charge in [0, 0.05) is 42.9 Å². The predicted octanol–water partition coefficient (Wildman–Crippen LogP) is 3.87. The smallest absolute Gasteiger partial charge is 0.147 e. The monoisotopic (exact) mass is 391 g/mol. The molecule has 2 aliphatic rings. The first-order valence-electron chi connectivity index (χ1n) is 10.5. The Morgan fingerprint density at radius 1 is 1.03 bits per heavy atom. The lowest BCUT2D eigenvalue weighted by Gasteiger charge is -2.26. The van der Waals surface area contributed by atoms with Gasteiger partial charge in [-0.1, -0.05) is 24.3 Å². The van der Waals surface area contributed by atoms with E-state index in [4.69, 9.17) is 9.15 Å². The van der Waals surface area contributed by atoms with Gasteiger partial charge in [-0.15, -0.1) is 0 Å². The van der Waals surface area contributed by atoms with Crippen LogP contribution in [0.4, 0.5) is 0 Å². The summed E-state index contributed by atoms with van der Waals surface area (Å²) in [6.07, 6.45) is 3.81. The second-order valence-corrected chi connectivity index (χ2v) is 8.12. The van der Waals surface area contributed by atoms with E-state index >= 15 is 0 Å². The Hall–Kier alpha value is -2.50. The highest BCUT2D eigenvalue weighted by Crippen LogP contribution is 2.38. The van der Waals surface area contributed by atoms with Gasteiger partial charge in [-0.2, -0.15) is 0 Å². The summed E-state index contributed by atoms with van der Waals surface area (Å²) in [5.41, 5.74) is 3.06. The molecule has 0 spiro atoms. The van der Waals surface area contributed by atoms with E-state index in [1.165, 1.54) is 10.9 Å². The number of hydrogen-bond acceptors (Lipinski definition) is 5. The number of furan rings is 1. The Bertz CT molecular complexity index is 1080. The minimum Gasteiger partial charge on any atom is -0.464 e. The molecule has 0 amide bonds. The number of ketones is 2. The third-order valence-electron chi connectivity index (χ3n) is 6.36. The Balaban J connectivity index is 1.52. The summed E-state index contributed by atoms with van der Waals surface area (Å²) in [6.45, 7) is 4.62. The van der Waals surface area contributed by atoms with Gasteiger partial charge in [0.2, 0.25) is 0 Å². The molecule has 2 fully saturated rings. The Kier molecular flexibility index (Phi) is 4.94. The topological polar surface area (TPSA) is 59.8 Å². The summed E-state index contributed by atoms with van der Waals surface area (Å²) in [6, 6.07) is 10.6. The molecule has 1 atom stereocenters. The molecule has 29 heavy (non-hydrogen) atoms. The second-order valence-electron chi connectivity index (χ2n) is 8.12. The fourth-order valence-electron chi connectivity index (χ4n) is 4.76. The zero-order chi connectivity index (χ0) is 19.8. The molecule has 5 nitrogen and oxygen atoms in total. The van der Waals surface area contributed by atoms with Crippen LogP contribution in [0, 0.1) is 0 Å². The molecule has 1 saturated heterocycles. The van der Waals surface area contributed by atoms with Crippen LogP contribution in [0.3, 0.4) is 0 Å². The van der Waals surface area contributed by atoms with Gasteiger partial charge >= 0.3 is 0 Å². The van der Waals surface area contributed by atoms with Crippen molar-refractivity contribution in [1.29, 1.82) is 0 Å². The van der Waals surface area contributed by atoms with E-state index in [2.05, 4.69) is 29.2 Å². The van der Waals surface area contributed by atoms with E-state index in [0.717, 1.165) is 61.2 Å². The van der Waals surface area contributed by atoms with Crippen molar-refractivity contribution in [2.24, 2.45) is 0 Å². The Labute approximate surface area is 169 Å². The molecule has 150 valence electrons. The van der Waals surface area contributed by atoms with Gasteiger partial charge in [0.25, 0.3) is 0 Å². The van der Waals surface area contributed by atoms with Crippen LogP contribution in [0.25, 0.3) is 21.7 Å². The summed E-state index contributed by atoms with van der Waals surface area (Å²) in [5.74, 6) is -0.171. The molecule has 3 aromatic rings. The summed E-state index contributed by atoms with van der Waals surface area (Å²) < 4.78 is 11.3. The fourth-order valence-corrected chi connectivity index (χ4v) is 4.76. The lowest BCUT2D eigenvalue weighted by molar-refractivity contribution is -0.130. The quantitative estimate of drug-likeness (QED) is 0.632. The maximum absolute atomic E-state index is 12.5. The van der Waals surface area contributed by atoms with Gasteiger partial charge in [-0.3, -0.25) is 14.5 Å². The second kappa shape index (κ2) is 7.73. The third-order valence-corrected chi connectivity index (χ3v) is 6.36. The first-order chi connectivity index (χ1) is 14.2. The van der Waals surface area contributed by atoms with Crippen molar-refractivity contribution in [3.8, 4) is 0 Å². The molecular weight excluding hydrogens is 366 g/mol. The molecule has 2 heterocycles. The van der Waals surface area contributed by atoms with Gasteiger partial charge in [0.15, 0.2) is 0 Å². The van der Waals surface area contributed by atoms with E-state index in [0.29, 0.717) is 12.8 Å². The van der Waals surface area contributed by atoms with Crippen molar-refractivity contribution in [1.82, 2.24) is 4.90 Å². The lowest BCUT2D eigenvalue weighted by Crippen LogP contribution is -2.37. The average Bonchev–Trinajstić information content (AvgIpc) is 3.17. The number of benzene rings is 2. The molecule has 1 aliphatic heterocycles. The summed E-state index contributed by atoms with van der Waals surface area (Å²) >= 11 is 0. The molecule has 0 unspecified atom stereocenters. The molecule has 1 aliphatic carbocycles. The molecule has 0 bridgehead atoms. The SMILES string of the molecule is O=C1CC[C@@H](c2coc3ccc4c(CCN5CCOCC5)cccc4c23)C(=O)C1. The lowest BCUT2D eigenvalue weighted by atomic mass is 9.81. The van der Waals surface area contributed by atoms with Crippen molar-refractivity contribution in [2.75, 3.05) is 32.8 Å². The molecule has 0 radical (unpaired) electrons. The number of nitrogens with zero attached hydrogens (tertiary/aromatic N) is 1. The first kappa shape index (κ1) is 18.5. The maximum atomic E-state index is 12.5. The van der Waals surface area contributed by atoms with E-state index in [9.17, 15) is 9.59 Å². The van der Waals surface area contributed by atoms with Crippen molar-refractivity contribution in [3.63, 3.8) is 0 Å². The summed E-state index contributed by atoms with van der Waals surface area (Å²) in [7, 11) is 0. The number of morpholine rings is 1. The van der Waals surface area contributed by atoms with Crippen molar-refractivity contribution in [3.05, 3.63) is 47.7 Å². The van der Waals surface area contributed by atoms with Gasteiger partial charge in [0.1, 0.15) is 17.1 Å². The number of Topliss-reactive ketones (excluding diaryl/α,β-unsaturated/α-hetero) is 2. The fraction of sp³-hybridized carbons (Fsp3) is 0.417. The van der Waals surface area contributed by atoms with Gasteiger partial charge in [0.05, 0.1) is 25.9 Å². The van der Waals surface area contributed by atoms with Crippen LogP contribution in [0.5, 0.6) is 0 Å². The van der Waals surface area contributed by atoms with Crippen LogP contribution >= 0.6 is 0 Å². The van der Waals surface area contributed by atoms with Crippen molar-refractivity contribution in [2.45, 2.75) is 31.6 Å². The van der Waals surface area contributed by atoms with Crippen LogP contribution in [-0.2, 0) is 20.7 Å². The average molecular weight is 391 g/mol. The molecule has 0 N–H and O–H groups in total. The first-order valence-corrected chi connectivity index (χ1v) is 10.5. The predicted molar refractivity (Wildman–Crippen MR) is 111 cm³/mol. The highest BCUT2D eigenvalue weighted by Gasteiger charge is 2.31. The zero-order valence-corrected chi connectivity index (χ0v) is 16.5. The minimum absolute atomic E-state index is 0.0180. The summed E-state index contributed by atoms with van der Waals surface area (Å²) in [4.78, 5) is 26.7. The summed E-state index contributed by atoms with van der Waals surface area (Å²) in [5, 5.41) is 3.38. The van der Waals surface area contributed by atoms with E-state index < -0.39 is 0 Å². The van der Waals surface area contributed by atoms with Crippen molar-refractivity contribution >= 4 is 33.3 Å². The highest BCUT2D eigenvalue weighted by molar-refractivity contribution is 6.12. The van der Waals surface area contributed by atoms with E-state index in [-0.39, 0.29) is 23.9 Å². The van der Waals surface area contributed by atoms with Gasteiger partial charge in [-0.25, -0.2) is 0 Å². The number of fused-ring (bicyclic) bond motifs is 3. The van der Waals surface area contributed by atoms with Gasteiger partial charge in [-0.05, 0) is 35.2 Å². The van der Waals surface area contributed by atoms with Crippen LogP contribution in [-0.4, -0.2) is 49.3 Å². The van der Waals surface area contributed by atoms with Crippen molar-refractivity contribution < 1.29 is 18.7 Å². The van der Waals surface area contributed by atoms with Crippen LogP contribution in [0.1, 0.15) is 36.3 Å². The Morgan fingerprint density at radius 2 is 1.90 bits per heavy atom. The van der Waals surface area contributed by atoms with E-state index in [1.54, 1.807) is 6.26 Å². The Morgan fingerprint density at radius 3 is 2.72 bits per heavy atom. The van der Waals surface area contributed by atoms with Crippen LogP contribution in [0.2, 0.25) is 0 Å². The number of ether oxygens (including phenoxy) is 1. The van der Waals surface area contributed by atoms with Crippen LogP contribution < -0.4 is 0 Å². The third kappa shape index (κ3) is 3.49. The van der Waals surface area contributed by atoms with Gasteiger partial charge < -0.3 is 9.15 Å². The molecule has 5 heteroatoms. The molecule has 1 saturated carbocycles. The molecule has 1 aromatic heterocycles. The molecule has 5 rings (SSSR count). The number of hydrogen-bond donors (Lipinski definition) is 0. The normalized spacial score (nSPS) is 21.3. The van der Waals surface area contributed by atoms with Crippen LogP contribution in [0.15, 0.2) is 41.0 Å². The number of rotatable bonds is 4. The zero-order valence-electron chi connectivity index (χ0n) is 16.5. The maximum Gasteiger partial charge on any atom is 0.147 e. The minimum atomic E-state index is -0.239. The number of carbonyl (C=O) groups excluding carboxylic acids is 2. The molecular formula is C24H25NO4.